The first-order valence-electron chi connectivity index (χ1n) is 6.47. The summed E-state index contributed by atoms with van der Waals surface area (Å²) in [4.78, 5) is 20.0. The van der Waals surface area contributed by atoms with Gasteiger partial charge in [-0.25, -0.2) is 4.98 Å². The van der Waals surface area contributed by atoms with Gasteiger partial charge >= 0.3 is 0 Å². The Labute approximate surface area is 127 Å². The summed E-state index contributed by atoms with van der Waals surface area (Å²) in [5, 5.41) is 12.6. The molecule has 0 aliphatic rings. The predicted molar refractivity (Wildman–Crippen MR) is 81.8 cm³/mol. The van der Waals surface area contributed by atoms with Gasteiger partial charge in [0.2, 0.25) is 5.91 Å². The standard InChI is InChI=1S/C15H14N4OS/c16-10-12-4-1-2-5-13(12)19-14(20)6-3-9-21-15-11-17-7-8-18-15/h1-2,4-5,7-8,11H,3,6,9H2,(H,19,20). The Morgan fingerprint density at radius 1 is 1.33 bits per heavy atom. The van der Waals surface area contributed by atoms with Crippen molar-refractivity contribution in [3.8, 4) is 6.07 Å². The normalized spacial score (nSPS) is 9.86. The molecule has 0 fully saturated rings. The molecule has 1 aromatic heterocycles. The molecule has 0 unspecified atom stereocenters. The first-order chi connectivity index (χ1) is 10.3. The van der Waals surface area contributed by atoms with E-state index in [1.807, 2.05) is 0 Å². The maximum Gasteiger partial charge on any atom is 0.224 e. The maximum absolute atomic E-state index is 11.8. The zero-order chi connectivity index (χ0) is 14.9. The summed E-state index contributed by atoms with van der Waals surface area (Å²) < 4.78 is 0. The SMILES string of the molecule is N#Cc1ccccc1NC(=O)CCCSc1cnccn1. The number of rotatable bonds is 6. The molecule has 0 atom stereocenters. The van der Waals surface area contributed by atoms with Gasteiger partial charge in [-0.2, -0.15) is 5.26 Å². The van der Waals surface area contributed by atoms with E-state index in [0.29, 0.717) is 17.7 Å². The van der Waals surface area contributed by atoms with Crippen LogP contribution in [0.25, 0.3) is 0 Å². The van der Waals surface area contributed by atoms with Gasteiger partial charge in [0.1, 0.15) is 11.1 Å². The predicted octanol–water partition coefficient (Wildman–Crippen LogP) is 2.86. The Morgan fingerprint density at radius 2 is 2.19 bits per heavy atom. The van der Waals surface area contributed by atoms with Crippen LogP contribution in [0, 0.1) is 11.3 Å². The van der Waals surface area contributed by atoms with Crippen LogP contribution < -0.4 is 5.32 Å². The van der Waals surface area contributed by atoms with Crippen molar-refractivity contribution >= 4 is 23.4 Å². The molecule has 0 aliphatic carbocycles. The molecule has 1 aromatic carbocycles. The van der Waals surface area contributed by atoms with Gasteiger partial charge in [-0.3, -0.25) is 9.78 Å². The van der Waals surface area contributed by atoms with Crippen molar-refractivity contribution in [3.05, 3.63) is 48.4 Å². The Morgan fingerprint density at radius 3 is 2.95 bits per heavy atom. The van der Waals surface area contributed by atoms with Crippen molar-refractivity contribution in [2.75, 3.05) is 11.1 Å². The van der Waals surface area contributed by atoms with Gasteiger partial charge in [-0.05, 0) is 18.6 Å². The second-order valence-electron chi connectivity index (χ2n) is 4.20. The first-order valence-corrected chi connectivity index (χ1v) is 7.46. The largest absolute Gasteiger partial charge is 0.325 e. The third-order valence-electron chi connectivity index (χ3n) is 2.66. The molecule has 1 amide bonds. The quantitative estimate of drug-likeness (QED) is 0.655. The second kappa shape index (κ2) is 8.02. The van der Waals surface area contributed by atoms with E-state index >= 15 is 0 Å². The van der Waals surface area contributed by atoms with Crippen LogP contribution in [-0.4, -0.2) is 21.6 Å². The highest BCUT2D eigenvalue weighted by atomic mass is 32.2. The molecule has 2 aromatic rings. The van der Waals surface area contributed by atoms with E-state index in [4.69, 9.17) is 5.26 Å². The van der Waals surface area contributed by atoms with Crippen molar-refractivity contribution in [2.45, 2.75) is 17.9 Å². The lowest BCUT2D eigenvalue weighted by Crippen LogP contribution is -2.12. The van der Waals surface area contributed by atoms with Crippen LogP contribution in [-0.2, 0) is 4.79 Å². The number of amides is 1. The van der Waals surface area contributed by atoms with Crippen LogP contribution in [0.3, 0.4) is 0 Å². The molecule has 0 saturated carbocycles. The fourth-order valence-electron chi connectivity index (χ4n) is 1.67. The number of aromatic nitrogens is 2. The van der Waals surface area contributed by atoms with Crippen LogP contribution in [0.4, 0.5) is 5.69 Å². The number of anilines is 1. The minimum atomic E-state index is -0.0857. The Balaban J connectivity index is 1.74. The summed E-state index contributed by atoms with van der Waals surface area (Å²) in [6.07, 6.45) is 6.13. The van der Waals surface area contributed by atoms with Gasteiger partial charge in [0, 0.05) is 24.6 Å². The monoisotopic (exact) mass is 298 g/mol. The molecule has 5 nitrogen and oxygen atoms in total. The van der Waals surface area contributed by atoms with Gasteiger partial charge in [-0.1, -0.05) is 12.1 Å². The van der Waals surface area contributed by atoms with Crippen molar-refractivity contribution in [2.24, 2.45) is 0 Å². The number of thioether (sulfide) groups is 1. The molecular weight excluding hydrogens is 284 g/mol. The molecule has 1 N–H and O–H groups in total. The average Bonchev–Trinajstić information content (AvgIpc) is 2.53. The Kier molecular flexibility index (Phi) is 5.73. The summed E-state index contributed by atoms with van der Waals surface area (Å²) in [5.74, 6) is 0.712. The first kappa shape index (κ1) is 15.0. The second-order valence-corrected chi connectivity index (χ2v) is 5.32. The highest BCUT2D eigenvalue weighted by molar-refractivity contribution is 7.99. The molecule has 0 radical (unpaired) electrons. The number of hydrogen-bond acceptors (Lipinski definition) is 5. The zero-order valence-electron chi connectivity index (χ0n) is 11.3. The summed E-state index contributed by atoms with van der Waals surface area (Å²) in [6.45, 7) is 0. The molecule has 0 saturated heterocycles. The van der Waals surface area contributed by atoms with Crippen LogP contribution in [0.1, 0.15) is 18.4 Å². The zero-order valence-corrected chi connectivity index (χ0v) is 12.1. The Bertz CT molecular complexity index is 640. The molecule has 0 aliphatic heterocycles. The highest BCUT2D eigenvalue weighted by Gasteiger charge is 2.06. The van der Waals surface area contributed by atoms with Crippen molar-refractivity contribution in [1.82, 2.24) is 9.97 Å². The number of nitrogens with one attached hydrogen (secondary N) is 1. The topological polar surface area (TPSA) is 78.7 Å². The molecule has 1 heterocycles. The number of hydrogen-bond donors (Lipinski definition) is 1. The number of para-hydroxylation sites is 1. The van der Waals surface area contributed by atoms with E-state index in [1.165, 1.54) is 0 Å². The van der Waals surface area contributed by atoms with Crippen molar-refractivity contribution in [1.29, 1.82) is 5.26 Å². The molecule has 6 heteroatoms. The van der Waals surface area contributed by atoms with E-state index in [1.54, 1.807) is 54.6 Å². The molecular formula is C15H14N4OS. The van der Waals surface area contributed by atoms with Crippen molar-refractivity contribution in [3.63, 3.8) is 0 Å². The van der Waals surface area contributed by atoms with E-state index < -0.39 is 0 Å². The minimum absolute atomic E-state index is 0.0857. The summed E-state index contributed by atoms with van der Waals surface area (Å²) in [5.41, 5.74) is 1.03. The Hall–Kier alpha value is -2.39. The van der Waals surface area contributed by atoms with E-state index in [2.05, 4.69) is 21.4 Å². The number of carbonyl (C=O) groups excluding carboxylic acids is 1. The number of nitriles is 1. The van der Waals surface area contributed by atoms with Crippen LogP contribution in [0.2, 0.25) is 0 Å². The summed E-state index contributed by atoms with van der Waals surface area (Å²) in [6, 6.07) is 9.02. The highest BCUT2D eigenvalue weighted by Crippen LogP contribution is 2.16. The third kappa shape index (κ3) is 4.89. The average molecular weight is 298 g/mol. The minimum Gasteiger partial charge on any atom is -0.325 e. The van der Waals surface area contributed by atoms with Crippen LogP contribution >= 0.6 is 11.8 Å². The third-order valence-corrected chi connectivity index (χ3v) is 3.66. The molecule has 106 valence electrons. The van der Waals surface area contributed by atoms with Gasteiger partial charge in [0.25, 0.3) is 0 Å². The molecule has 0 bridgehead atoms. The van der Waals surface area contributed by atoms with Crippen LogP contribution in [0.5, 0.6) is 0 Å². The lowest BCUT2D eigenvalue weighted by molar-refractivity contribution is -0.116. The van der Waals surface area contributed by atoms with Gasteiger partial charge in [0.05, 0.1) is 17.4 Å². The smallest absolute Gasteiger partial charge is 0.224 e. The lowest BCUT2D eigenvalue weighted by atomic mass is 10.2. The van der Waals surface area contributed by atoms with Gasteiger partial charge < -0.3 is 5.32 Å². The number of nitrogens with zero attached hydrogens (tertiary/aromatic N) is 3. The van der Waals surface area contributed by atoms with Gasteiger partial charge in [-0.15, -0.1) is 11.8 Å². The van der Waals surface area contributed by atoms with Crippen LogP contribution in [0.15, 0.2) is 47.9 Å². The van der Waals surface area contributed by atoms with E-state index in [0.717, 1.165) is 17.2 Å². The van der Waals surface area contributed by atoms with E-state index in [-0.39, 0.29) is 5.91 Å². The molecule has 21 heavy (non-hydrogen) atoms. The summed E-state index contributed by atoms with van der Waals surface area (Å²) >= 11 is 1.57. The lowest BCUT2D eigenvalue weighted by Gasteiger charge is -2.06. The summed E-state index contributed by atoms with van der Waals surface area (Å²) in [7, 11) is 0. The van der Waals surface area contributed by atoms with E-state index in [9.17, 15) is 4.79 Å². The molecule has 0 spiro atoms. The maximum atomic E-state index is 11.8. The number of carbonyl (C=O) groups is 1. The molecule has 2 rings (SSSR count). The van der Waals surface area contributed by atoms with Gasteiger partial charge in [0.15, 0.2) is 0 Å². The van der Waals surface area contributed by atoms with Crippen molar-refractivity contribution < 1.29 is 4.79 Å². The number of benzene rings is 1. The fraction of sp³-hybridized carbons (Fsp3) is 0.200. The fourth-order valence-corrected chi connectivity index (χ4v) is 2.44.